The fourth-order valence-corrected chi connectivity index (χ4v) is 3.30. The van der Waals surface area contributed by atoms with Gasteiger partial charge in [0.15, 0.2) is 0 Å². The van der Waals surface area contributed by atoms with Gasteiger partial charge in [0.05, 0.1) is 16.1 Å². The Morgan fingerprint density at radius 2 is 2.06 bits per heavy atom. The number of nitrogens with two attached hydrogens (primary N) is 1. The summed E-state index contributed by atoms with van der Waals surface area (Å²) < 4.78 is 14.6. The second-order valence-corrected chi connectivity index (χ2v) is 6.08. The standard InChI is InChI=1S/C11H8BrCl2FN2S/c12-6-2-1-5(9(15)8(6)14)10(17-16)11-7(13)3-4-18-11/h1-4,10,17H,16H2. The molecule has 1 unspecified atom stereocenters. The largest absolute Gasteiger partial charge is 0.271 e. The van der Waals surface area contributed by atoms with Gasteiger partial charge in [-0.25, -0.2) is 9.82 Å². The van der Waals surface area contributed by atoms with E-state index in [4.69, 9.17) is 29.0 Å². The fraction of sp³-hybridized carbons (Fsp3) is 0.0909. The summed E-state index contributed by atoms with van der Waals surface area (Å²) in [7, 11) is 0. The first kappa shape index (κ1) is 14.2. The summed E-state index contributed by atoms with van der Waals surface area (Å²) in [5.41, 5.74) is 2.92. The minimum absolute atomic E-state index is 0.0282. The molecule has 0 bridgehead atoms. The number of thiophene rings is 1. The first-order valence-corrected chi connectivity index (χ1v) is 7.31. The molecule has 0 aliphatic carbocycles. The van der Waals surface area contributed by atoms with Crippen LogP contribution >= 0.6 is 50.5 Å². The Morgan fingerprint density at radius 3 is 2.61 bits per heavy atom. The van der Waals surface area contributed by atoms with E-state index in [1.54, 1.807) is 18.2 Å². The topological polar surface area (TPSA) is 38.0 Å². The number of halogens is 4. The van der Waals surface area contributed by atoms with E-state index in [0.717, 1.165) is 4.88 Å². The average Bonchev–Trinajstić information content (AvgIpc) is 2.77. The van der Waals surface area contributed by atoms with Crippen LogP contribution < -0.4 is 11.3 Å². The molecule has 0 fully saturated rings. The van der Waals surface area contributed by atoms with E-state index in [1.807, 2.05) is 5.38 Å². The van der Waals surface area contributed by atoms with Crippen LogP contribution in [-0.4, -0.2) is 0 Å². The van der Waals surface area contributed by atoms with Gasteiger partial charge >= 0.3 is 0 Å². The lowest BCUT2D eigenvalue weighted by molar-refractivity contribution is 0.564. The van der Waals surface area contributed by atoms with Gasteiger partial charge < -0.3 is 0 Å². The molecular weight excluding hydrogens is 362 g/mol. The molecule has 1 heterocycles. The maximum Gasteiger partial charge on any atom is 0.148 e. The van der Waals surface area contributed by atoms with Gasteiger partial charge in [0.25, 0.3) is 0 Å². The zero-order chi connectivity index (χ0) is 13.3. The third-order valence-corrected chi connectivity index (χ3v) is 5.13. The third kappa shape index (κ3) is 2.57. The van der Waals surface area contributed by atoms with Crippen LogP contribution in [0.5, 0.6) is 0 Å². The van der Waals surface area contributed by atoms with Gasteiger partial charge in [-0.15, -0.1) is 11.3 Å². The summed E-state index contributed by atoms with van der Waals surface area (Å²) in [6.07, 6.45) is 0. The van der Waals surface area contributed by atoms with Crippen LogP contribution in [0.15, 0.2) is 28.1 Å². The van der Waals surface area contributed by atoms with E-state index in [-0.39, 0.29) is 5.02 Å². The molecule has 96 valence electrons. The van der Waals surface area contributed by atoms with Crippen molar-refractivity contribution >= 4 is 50.5 Å². The van der Waals surface area contributed by atoms with Crippen LogP contribution in [0, 0.1) is 5.82 Å². The van der Waals surface area contributed by atoms with Crippen molar-refractivity contribution in [1.82, 2.24) is 5.43 Å². The van der Waals surface area contributed by atoms with Gasteiger partial charge in [0, 0.05) is 14.9 Å². The number of hydrogen-bond acceptors (Lipinski definition) is 3. The van der Waals surface area contributed by atoms with Crippen molar-refractivity contribution in [3.63, 3.8) is 0 Å². The van der Waals surface area contributed by atoms with Gasteiger partial charge in [0.2, 0.25) is 0 Å². The van der Waals surface area contributed by atoms with Gasteiger partial charge in [-0.05, 0) is 33.4 Å². The lowest BCUT2D eigenvalue weighted by Crippen LogP contribution is -2.29. The van der Waals surface area contributed by atoms with Crippen LogP contribution in [0.3, 0.4) is 0 Å². The molecule has 2 aromatic rings. The molecular formula is C11H8BrCl2FN2S. The van der Waals surface area contributed by atoms with Crippen molar-refractivity contribution in [2.24, 2.45) is 5.84 Å². The second kappa shape index (κ2) is 5.86. The van der Waals surface area contributed by atoms with Crippen LogP contribution in [0.25, 0.3) is 0 Å². The Balaban J connectivity index is 2.53. The number of hydrazine groups is 1. The molecule has 0 saturated carbocycles. The Hall–Kier alpha value is -0.170. The number of nitrogens with one attached hydrogen (secondary N) is 1. The van der Waals surface area contributed by atoms with Crippen molar-refractivity contribution in [2.75, 3.05) is 0 Å². The summed E-state index contributed by atoms with van der Waals surface area (Å²) in [6.45, 7) is 0. The molecule has 1 aromatic heterocycles. The van der Waals surface area contributed by atoms with E-state index in [0.29, 0.717) is 15.1 Å². The number of hydrogen-bond donors (Lipinski definition) is 2. The van der Waals surface area contributed by atoms with E-state index in [1.165, 1.54) is 11.3 Å². The predicted octanol–water partition coefficient (Wildman–Crippen LogP) is 4.51. The van der Waals surface area contributed by atoms with Gasteiger partial charge in [-0.2, -0.15) is 0 Å². The zero-order valence-electron chi connectivity index (χ0n) is 8.88. The Bertz CT molecular complexity index is 576. The molecule has 2 nitrogen and oxygen atoms in total. The lowest BCUT2D eigenvalue weighted by atomic mass is 10.1. The minimum atomic E-state index is -0.525. The Morgan fingerprint density at radius 1 is 1.33 bits per heavy atom. The number of rotatable bonds is 3. The molecule has 0 spiro atoms. The third-order valence-electron chi connectivity index (χ3n) is 2.45. The van der Waals surface area contributed by atoms with Gasteiger partial charge in [-0.1, -0.05) is 29.3 Å². The van der Waals surface area contributed by atoms with Crippen molar-refractivity contribution in [3.05, 3.63) is 54.4 Å². The van der Waals surface area contributed by atoms with Crippen LogP contribution in [0.4, 0.5) is 4.39 Å². The fourth-order valence-electron chi connectivity index (χ4n) is 1.58. The second-order valence-electron chi connectivity index (χ2n) is 3.50. The number of benzene rings is 1. The molecule has 1 aromatic carbocycles. The summed E-state index contributed by atoms with van der Waals surface area (Å²) >= 11 is 16.5. The minimum Gasteiger partial charge on any atom is -0.271 e. The van der Waals surface area contributed by atoms with Crippen LogP contribution in [0.1, 0.15) is 16.5 Å². The molecule has 0 saturated heterocycles. The molecule has 2 rings (SSSR count). The summed E-state index contributed by atoms with van der Waals surface area (Å²) in [4.78, 5) is 0.747. The summed E-state index contributed by atoms with van der Waals surface area (Å²) in [5, 5.41) is 2.39. The van der Waals surface area contributed by atoms with Crippen molar-refractivity contribution in [3.8, 4) is 0 Å². The van der Waals surface area contributed by atoms with E-state index >= 15 is 0 Å². The highest BCUT2D eigenvalue weighted by atomic mass is 79.9. The van der Waals surface area contributed by atoms with Gasteiger partial charge in [-0.3, -0.25) is 5.84 Å². The molecule has 7 heteroatoms. The normalized spacial score (nSPS) is 12.7. The van der Waals surface area contributed by atoms with Crippen molar-refractivity contribution in [2.45, 2.75) is 6.04 Å². The summed E-state index contributed by atoms with van der Waals surface area (Å²) in [5.74, 6) is 4.98. The maximum atomic E-state index is 14.1. The lowest BCUT2D eigenvalue weighted by Gasteiger charge is -2.17. The van der Waals surface area contributed by atoms with E-state index in [2.05, 4.69) is 21.4 Å². The first-order valence-electron chi connectivity index (χ1n) is 4.88. The highest BCUT2D eigenvalue weighted by Gasteiger charge is 2.22. The zero-order valence-corrected chi connectivity index (χ0v) is 12.8. The Kier molecular flexibility index (Phi) is 4.64. The highest BCUT2D eigenvalue weighted by Crippen LogP contribution is 2.36. The highest BCUT2D eigenvalue weighted by molar-refractivity contribution is 9.10. The molecule has 1 atom stereocenters. The molecule has 3 N–H and O–H groups in total. The van der Waals surface area contributed by atoms with Crippen LogP contribution in [-0.2, 0) is 0 Å². The SMILES string of the molecule is NNC(c1ccc(Br)c(Cl)c1F)c1sccc1Cl. The quantitative estimate of drug-likeness (QED) is 0.474. The van der Waals surface area contributed by atoms with Crippen molar-refractivity contribution in [1.29, 1.82) is 0 Å². The molecule has 0 radical (unpaired) electrons. The van der Waals surface area contributed by atoms with Gasteiger partial charge in [0.1, 0.15) is 5.82 Å². The molecule has 0 aliphatic heterocycles. The Labute approximate surface area is 126 Å². The van der Waals surface area contributed by atoms with E-state index < -0.39 is 11.9 Å². The predicted molar refractivity (Wildman–Crippen MR) is 77.6 cm³/mol. The average molecular weight is 370 g/mol. The van der Waals surface area contributed by atoms with Crippen molar-refractivity contribution < 1.29 is 4.39 Å². The first-order chi connectivity index (χ1) is 8.56. The maximum absolute atomic E-state index is 14.1. The molecule has 0 amide bonds. The van der Waals surface area contributed by atoms with Crippen LogP contribution in [0.2, 0.25) is 10.0 Å². The monoisotopic (exact) mass is 368 g/mol. The smallest absolute Gasteiger partial charge is 0.148 e. The molecule has 0 aliphatic rings. The molecule has 18 heavy (non-hydrogen) atoms. The van der Waals surface area contributed by atoms with E-state index in [9.17, 15) is 4.39 Å². The summed E-state index contributed by atoms with van der Waals surface area (Å²) in [6, 6.07) is 4.51.